The summed E-state index contributed by atoms with van der Waals surface area (Å²) in [6.45, 7) is 2.50. The lowest BCUT2D eigenvalue weighted by Gasteiger charge is -2.31. The SMILES string of the molecule is CC(CCC1CCCCC1)NCC(=O)C1CCC(O)C(C(N)=O)C1.Cl. The third kappa shape index (κ3) is 7.24. The maximum absolute atomic E-state index is 12.4. The van der Waals surface area contributed by atoms with E-state index in [0.717, 1.165) is 12.3 Å². The standard InChI is InChI=1S/C19H34N2O3.ClH/c1-13(7-8-14-5-3-2-4-6-14)21-12-18(23)15-9-10-17(22)16(11-15)19(20)24;/h13-17,21-22H,2-12H2,1H3,(H2,20,24);1H. The molecule has 1 amide bonds. The van der Waals surface area contributed by atoms with Gasteiger partial charge in [0.05, 0.1) is 18.6 Å². The molecule has 5 nitrogen and oxygen atoms in total. The monoisotopic (exact) mass is 374 g/mol. The molecule has 0 spiro atoms. The van der Waals surface area contributed by atoms with Crippen molar-refractivity contribution < 1.29 is 14.7 Å². The van der Waals surface area contributed by atoms with Crippen LogP contribution in [0.1, 0.15) is 71.1 Å². The summed E-state index contributed by atoms with van der Waals surface area (Å²) in [5.41, 5.74) is 5.33. The first-order valence-corrected chi connectivity index (χ1v) is 9.70. The first-order valence-electron chi connectivity index (χ1n) is 9.70. The van der Waals surface area contributed by atoms with Gasteiger partial charge in [0.25, 0.3) is 0 Å². The number of primary amides is 1. The third-order valence-electron chi connectivity index (χ3n) is 5.99. The number of nitrogens with two attached hydrogens (primary N) is 1. The molecular formula is C19H35ClN2O3. The maximum Gasteiger partial charge on any atom is 0.223 e. The second-order valence-electron chi connectivity index (χ2n) is 7.92. The highest BCUT2D eigenvalue weighted by molar-refractivity contribution is 5.85. The van der Waals surface area contributed by atoms with Gasteiger partial charge in [-0.25, -0.2) is 0 Å². The second kappa shape index (κ2) is 11.1. The summed E-state index contributed by atoms with van der Waals surface area (Å²) in [6, 6.07) is 0.344. The first kappa shape index (κ1) is 22.4. The van der Waals surface area contributed by atoms with Crippen LogP contribution in [0.25, 0.3) is 0 Å². The number of carbonyl (C=O) groups excluding carboxylic acids is 2. The summed E-state index contributed by atoms with van der Waals surface area (Å²) in [5, 5.41) is 13.2. The van der Waals surface area contributed by atoms with Crippen LogP contribution in [0.3, 0.4) is 0 Å². The fourth-order valence-corrected chi connectivity index (χ4v) is 4.24. The minimum absolute atomic E-state index is 0. The van der Waals surface area contributed by atoms with Gasteiger partial charge in [-0.1, -0.05) is 32.1 Å². The van der Waals surface area contributed by atoms with Crippen molar-refractivity contribution in [2.45, 2.75) is 83.3 Å². The highest BCUT2D eigenvalue weighted by Gasteiger charge is 2.35. The van der Waals surface area contributed by atoms with Gasteiger partial charge < -0.3 is 16.2 Å². The van der Waals surface area contributed by atoms with Crippen LogP contribution < -0.4 is 11.1 Å². The van der Waals surface area contributed by atoms with Crippen LogP contribution in [0.15, 0.2) is 0 Å². The van der Waals surface area contributed by atoms with Gasteiger partial charge in [-0.3, -0.25) is 9.59 Å². The minimum atomic E-state index is -0.686. The minimum Gasteiger partial charge on any atom is -0.392 e. The Morgan fingerprint density at radius 1 is 1.16 bits per heavy atom. The zero-order valence-corrected chi connectivity index (χ0v) is 16.2. The summed E-state index contributed by atoms with van der Waals surface area (Å²) in [4.78, 5) is 23.8. The van der Waals surface area contributed by atoms with Crippen molar-refractivity contribution in [1.29, 1.82) is 0 Å². The van der Waals surface area contributed by atoms with Crippen molar-refractivity contribution in [3.05, 3.63) is 0 Å². The number of Topliss-reactive ketones (excluding diaryl/α,β-unsaturated/α-hetero) is 1. The molecule has 0 aromatic rings. The lowest BCUT2D eigenvalue weighted by molar-refractivity contribution is -0.131. The summed E-state index contributed by atoms with van der Waals surface area (Å²) in [7, 11) is 0. The van der Waals surface area contributed by atoms with Crippen LogP contribution in [0.2, 0.25) is 0 Å². The Morgan fingerprint density at radius 3 is 2.48 bits per heavy atom. The lowest BCUT2D eigenvalue weighted by Crippen LogP contribution is -2.42. The van der Waals surface area contributed by atoms with Crippen LogP contribution >= 0.6 is 12.4 Å². The number of rotatable bonds is 8. The van der Waals surface area contributed by atoms with Gasteiger partial charge >= 0.3 is 0 Å². The van der Waals surface area contributed by atoms with Crippen molar-refractivity contribution in [3.8, 4) is 0 Å². The largest absolute Gasteiger partial charge is 0.392 e. The number of carbonyl (C=O) groups is 2. The van der Waals surface area contributed by atoms with E-state index in [9.17, 15) is 14.7 Å². The third-order valence-corrected chi connectivity index (χ3v) is 5.99. The van der Waals surface area contributed by atoms with Crippen LogP contribution in [0.4, 0.5) is 0 Å². The average molecular weight is 375 g/mol. The van der Waals surface area contributed by atoms with Gasteiger partial charge in [0.2, 0.25) is 5.91 Å². The predicted octanol–water partition coefficient (Wildman–Crippen LogP) is 2.58. The molecule has 4 N–H and O–H groups in total. The summed E-state index contributed by atoms with van der Waals surface area (Å²) in [5.74, 6) is -0.193. The molecule has 2 fully saturated rings. The molecule has 25 heavy (non-hydrogen) atoms. The Labute approximate surface area is 157 Å². The molecule has 2 rings (SSSR count). The smallest absolute Gasteiger partial charge is 0.223 e. The zero-order chi connectivity index (χ0) is 17.5. The number of halogens is 1. The topological polar surface area (TPSA) is 92.4 Å². The Balaban J connectivity index is 0.00000312. The van der Waals surface area contributed by atoms with Crippen molar-refractivity contribution in [2.24, 2.45) is 23.5 Å². The highest BCUT2D eigenvalue weighted by atomic mass is 35.5. The summed E-state index contributed by atoms with van der Waals surface area (Å²) in [6.07, 6.45) is 10.1. The van der Waals surface area contributed by atoms with E-state index in [1.165, 1.54) is 38.5 Å². The molecule has 0 aromatic heterocycles. The molecule has 0 radical (unpaired) electrons. The van der Waals surface area contributed by atoms with Crippen molar-refractivity contribution in [2.75, 3.05) is 6.54 Å². The van der Waals surface area contributed by atoms with Gasteiger partial charge in [0, 0.05) is 12.0 Å². The summed E-state index contributed by atoms with van der Waals surface area (Å²) < 4.78 is 0. The molecule has 0 aromatic carbocycles. The van der Waals surface area contributed by atoms with Crippen LogP contribution in [0, 0.1) is 17.8 Å². The van der Waals surface area contributed by atoms with Gasteiger partial charge in [-0.15, -0.1) is 12.4 Å². The molecule has 0 saturated heterocycles. The number of hydrogen-bond donors (Lipinski definition) is 3. The number of aliphatic hydroxyl groups excluding tert-OH is 1. The van der Waals surface area contributed by atoms with E-state index in [0.29, 0.717) is 31.8 Å². The van der Waals surface area contributed by atoms with E-state index >= 15 is 0 Å². The fraction of sp³-hybridized carbons (Fsp3) is 0.895. The van der Waals surface area contributed by atoms with E-state index in [1.54, 1.807) is 0 Å². The molecule has 2 aliphatic rings. The Morgan fingerprint density at radius 2 is 1.84 bits per heavy atom. The van der Waals surface area contributed by atoms with Gasteiger partial charge in [0.1, 0.15) is 5.78 Å². The van der Waals surface area contributed by atoms with Crippen LogP contribution in [-0.4, -0.2) is 35.5 Å². The molecule has 2 saturated carbocycles. The first-order chi connectivity index (χ1) is 11.5. The quantitative estimate of drug-likeness (QED) is 0.608. The summed E-state index contributed by atoms with van der Waals surface area (Å²) >= 11 is 0. The fourth-order valence-electron chi connectivity index (χ4n) is 4.24. The van der Waals surface area contributed by atoms with Crippen LogP contribution in [-0.2, 0) is 9.59 Å². The number of amides is 1. The van der Waals surface area contributed by atoms with Gasteiger partial charge in [0.15, 0.2) is 0 Å². The Kier molecular flexibility index (Phi) is 9.98. The molecule has 6 heteroatoms. The maximum atomic E-state index is 12.4. The molecule has 4 atom stereocenters. The predicted molar refractivity (Wildman–Crippen MR) is 102 cm³/mol. The van der Waals surface area contributed by atoms with E-state index < -0.39 is 17.9 Å². The van der Waals surface area contributed by atoms with Gasteiger partial charge in [-0.05, 0) is 44.9 Å². The van der Waals surface area contributed by atoms with E-state index in [1.807, 2.05) is 0 Å². The van der Waals surface area contributed by atoms with Crippen molar-refractivity contribution in [3.63, 3.8) is 0 Å². The van der Waals surface area contributed by atoms with Crippen LogP contribution in [0.5, 0.6) is 0 Å². The molecule has 0 heterocycles. The average Bonchev–Trinajstić information content (AvgIpc) is 2.59. The lowest BCUT2D eigenvalue weighted by atomic mass is 9.77. The second-order valence-corrected chi connectivity index (χ2v) is 7.92. The molecular weight excluding hydrogens is 340 g/mol. The van der Waals surface area contributed by atoms with Gasteiger partial charge in [-0.2, -0.15) is 0 Å². The molecule has 4 unspecified atom stereocenters. The van der Waals surface area contributed by atoms with Crippen molar-refractivity contribution in [1.82, 2.24) is 5.32 Å². The Bertz CT molecular complexity index is 427. The number of ketones is 1. The molecule has 0 aliphatic heterocycles. The molecule has 146 valence electrons. The number of nitrogens with one attached hydrogen (secondary N) is 1. The van der Waals surface area contributed by atoms with E-state index in [-0.39, 0.29) is 24.1 Å². The zero-order valence-electron chi connectivity index (χ0n) is 15.4. The number of hydrogen-bond acceptors (Lipinski definition) is 4. The number of aliphatic hydroxyl groups is 1. The van der Waals surface area contributed by atoms with E-state index in [2.05, 4.69) is 12.2 Å². The van der Waals surface area contributed by atoms with Crippen molar-refractivity contribution >= 4 is 24.1 Å². The molecule has 2 aliphatic carbocycles. The Hall–Kier alpha value is -0.650. The highest BCUT2D eigenvalue weighted by Crippen LogP contribution is 2.30. The normalized spacial score (nSPS) is 28.8. The molecule has 0 bridgehead atoms. The van der Waals surface area contributed by atoms with E-state index in [4.69, 9.17) is 5.73 Å².